The minimum absolute atomic E-state index is 0.222. The molecule has 3 aromatic carbocycles. The van der Waals surface area contributed by atoms with Crippen LogP contribution in [0.5, 0.6) is 0 Å². The van der Waals surface area contributed by atoms with Crippen molar-refractivity contribution in [2.75, 3.05) is 6.61 Å². The fourth-order valence-corrected chi connectivity index (χ4v) is 3.59. The first-order valence-corrected chi connectivity index (χ1v) is 10.5. The van der Waals surface area contributed by atoms with Crippen molar-refractivity contribution in [3.63, 3.8) is 0 Å². The van der Waals surface area contributed by atoms with Gasteiger partial charge in [-0.05, 0) is 16.7 Å². The number of benzene rings is 3. The molecule has 1 aliphatic rings. The van der Waals surface area contributed by atoms with Crippen molar-refractivity contribution in [3.8, 4) is 0 Å². The van der Waals surface area contributed by atoms with Gasteiger partial charge in [-0.25, -0.2) is 4.39 Å². The average molecular weight is 422 g/mol. The Balaban J connectivity index is 1.39. The number of hydrogen-bond acceptors (Lipinski definition) is 4. The summed E-state index contributed by atoms with van der Waals surface area (Å²) in [7, 11) is 0. The topological polar surface area (TPSA) is 36.9 Å². The molecule has 1 fully saturated rings. The summed E-state index contributed by atoms with van der Waals surface area (Å²) in [5, 5.41) is 0. The number of alkyl halides is 1. The van der Waals surface area contributed by atoms with E-state index < -0.39 is 24.7 Å². The molecule has 0 saturated carbocycles. The van der Waals surface area contributed by atoms with E-state index in [-0.39, 0.29) is 13.2 Å². The van der Waals surface area contributed by atoms with Crippen LogP contribution in [0.4, 0.5) is 4.39 Å². The van der Waals surface area contributed by atoms with Gasteiger partial charge in [-0.3, -0.25) is 0 Å². The van der Waals surface area contributed by atoms with Gasteiger partial charge in [-0.1, -0.05) is 91.0 Å². The van der Waals surface area contributed by atoms with Gasteiger partial charge in [-0.15, -0.1) is 0 Å². The molecule has 1 saturated heterocycles. The zero-order valence-electron chi connectivity index (χ0n) is 17.3. The van der Waals surface area contributed by atoms with Crippen molar-refractivity contribution in [2.45, 2.75) is 44.5 Å². The SMILES string of the molecule is FC1O[C@H](COCc2ccccc2)[C@@H](OCc2ccccc2)[C@@H]1OCc1ccccc1. The third-order valence-electron chi connectivity index (χ3n) is 5.22. The second-order valence-electron chi connectivity index (χ2n) is 7.55. The molecule has 0 aromatic heterocycles. The highest BCUT2D eigenvalue weighted by Gasteiger charge is 2.47. The first-order chi connectivity index (χ1) is 15.3. The Hall–Kier alpha value is -2.57. The van der Waals surface area contributed by atoms with Crippen LogP contribution in [0, 0.1) is 0 Å². The lowest BCUT2D eigenvalue weighted by Crippen LogP contribution is -2.38. The van der Waals surface area contributed by atoms with E-state index in [0.29, 0.717) is 13.2 Å². The highest BCUT2D eigenvalue weighted by molar-refractivity contribution is 5.15. The van der Waals surface area contributed by atoms with E-state index in [1.54, 1.807) is 0 Å². The summed E-state index contributed by atoms with van der Waals surface area (Å²) in [5.74, 6) is 0. The largest absolute Gasteiger partial charge is 0.374 e. The summed E-state index contributed by atoms with van der Waals surface area (Å²) in [4.78, 5) is 0. The number of hydrogen-bond donors (Lipinski definition) is 0. The van der Waals surface area contributed by atoms with E-state index >= 15 is 0 Å². The van der Waals surface area contributed by atoms with Crippen LogP contribution in [-0.2, 0) is 38.8 Å². The second kappa shape index (κ2) is 11.2. The van der Waals surface area contributed by atoms with Gasteiger partial charge < -0.3 is 18.9 Å². The van der Waals surface area contributed by atoms with Crippen LogP contribution in [0.15, 0.2) is 91.0 Å². The van der Waals surface area contributed by atoms with Crippen LogP contribution in [0.25, 0.3) is 0 Å². The van der Waals surface area contributed by atoms with E-state index in [1.165, 1.54) is 0 Å². The van der Waals surface area contributed by atoms with E-state index in [4.69, 9.17) is 18.9 Å². The molecule has 0 amide bonds. The van der Waals surface area contributed by atoms with Crippen LogP contribution in [0.2, 0.25) is 0 Å². The molecule has 1 heterocycles. The van der Waals surface area contributed by atoms with Crippen molar-refractivity contribution in [3.05, 3.63) is 108 Å². The van der Waals surface area contributed by atoms with Gasteiger partial charge in [0.15, 0.2) is 0 Å². The third-order valence-corrected chi connectivity index (χ3v) is 5.22. The monoisotopic (exact) mass is 422 g/mol. The van der Waals surface area contributed by atoms with E-state index in [0.717, 1.165) is 16.7 Å². The summed E-state index contributed by atoms with van der Waals surface area (Å²) >= 11 is 0. The molecule has 0 aliphatic carbocycles. The van der Waals surface area contributed by atoms with Gasteiger partial charge in [0.1, 0.15) is 18.3 Å². The van der Waals surface area contributed by atoms with Gasteiger partial charge in [0.05, 0.1) is 26.4 Å². The molecule has 31 heavy (non-hydrogen) atoms. The lowest BCUT2D eigenvalue weighted by Gasteiger charge is -2.23. The van der Waals surface area contributed by atoms with Gasteiger partial charge in [0.25, 0.3) is 0 Å². The van der Waals surface area contributed by atoms with Crippen LogP contribution in [-0.4, -0.2) is 31.3 Å². The smallest absolute Gasteiger partial charge is 0.228 e. The van der Waals surface area contributed by atoms with E-state index in [2.05, 4.69) is 0 Å². The van der Waals surface area contributed by atoms with Crippen LogP contribution in [0.1, 0.15) is 16.7 Å². The molecule has 4 nitrogen and oxygen atoms in total. The van der Waals surface area contributed by atoms with Crippen molar-refractivity contribution >= 4 is 0 Å². The van der Waals surface area contributed by atoms with Crippen molar-refractivity contribution in [1.82, 2.24) is 0 Å². The molecule has 4 rings (SSSR count). The van der Waals surface area contributed by atoms with Crippen molar-refractivity contribution in [1.29, 1.82) is 0 Å². The molecule has 1 aliphatic heterocycles. The Morgan fingerprint density at radius 1 is 0.613 bits per heavy atom. The molecule has 5 heteroatoms. The quantitative estimate of drug-likeness (QED) is 0.457. The van der Waals surface area contributed by atoms with Crippen LogP contribution < -0.4 is 0 Å². The number of halogens is 1. The molecule has 4 atom stereocenters. The zero-order chi connectivity index (χ0) is 21.3. The Morgan fingerprint density at radius 3 is 1.58 bits per heavy atom. The van der Waals surface area contributed by atoms with Gasteiger partial charge in [0.2, 0.25) is 6.36 Å². The molecule has 0 radical (unpaired) electrons. The minimum Gasteiger partial charge on any atom is -0.374 e. The van der Waals surface area contributed by atoms with Crippen LogP contribution in [0.3, 0.4) is 0 Å². The lowest BCUT2D eigenvalue weighted by molar-refractivity contribution is -0.110. The predicted octanol–water partition coefficient (Wildman–Crippen LogP) is 5.07. The standard InChI is InChI=1S/C26H27FO4/c27-26-25(30-18-22-14-8-3-9-15-22)24(29-17-21-12-6-2-7-13-21)23(31-26)19-28-16-20-10-4-1-5-11-20/h1-15,23-26H,16-19H2/t23-,24-,25+,26?/m1/s1. The summed E-state index contributed by atoms with van der Waals surface area (Å²) in [6.07, 6.45) is -3.53. The maximum atomic E-state index is 14.8. The molecule has 1 unspecified atom stereocenters. The molecular formula is C26H27FO4. The highest BCUT2D eigenvalue weighted by Crippen LogP contribution is 2.29. The van der Waals surface area contributed by atoms with Crippen molar-refractivity contribution < 1.29 is 23.3 Å². The van der Waals surface area contributed by atoms with Gasteiger partial charge in [0, 0.05) is 0 Å². The lowest BCUT2D eigenvalue weighted by atomic mass is 10.1. The van der Waals surface area contributed by atoms with Gasteiger partial charge in [-0.2, -0.15) is 0 Å². The first kappa shape index (κ1) is 21.7. The molecule has 3 aromatic rings. The Morgan fingerprint density at radius 2 is 1.06 bits per heavy atom. The molecule has 0 spiro atoms. The molecular weight excluding hydrogens is 395 g/mol. The third kappa shape index (κ3) is 6.21. The fraction of sp³-hybridized carbons (Fsp3) is 0.308. The average Bonchev–Trinajstić information content (AvgIpc) is 3.12. The minimum atomic E-state index is -1.57. The van der Waals surface area contributed by atoms with Crippen molar-refractivity contribution in [2.24, 2.45) is 0 Å². The second-order valence-corrected chi connectivity index (χ2v) is 7.55. The normalized spacial score (nSPS) is 23.1. The number of ether oxygens (including phenoxy) is 4. The highest BCUT2D eigenvalue weighted by atomic mass is 19.1. The predicted molar refractivity (Wildman–Crippen MR) is 116 cm³/mol. The van der Waals surface area contributed by atoms with Crippen LogP contribution >= 0.6 is 0 Å². The van der Waals surface area contributed by atoms with E-state index in [9.17, 15) is 4.39 Å². The summed E-state index contributed by atoms with van der Waals surface area (Å²) in [5.41, 5.74) is 3.03. The molecule has 0 N–H and O–H groups in total. The maximum Gasteiger partial charge on any atom is 0.228 e. The molecule has 162 valence electrons. The fourth-order valence-electron chi connectivity index (χ4n) is 3.59. The van der Waals surface area contributed by atoms with E-state index in [1.807, 2.05) is 91.0 Å². The zero-order valence-corrected chi connectivity index (χ0v) is 17.3. The Kier molecular flexibility index (Phi) is 7.80. The first-order valence-electron chi connectivity index (χ1n) is 10.5. The molecule has 0 bridgehead atoms. The number of rotatable bonds is 10. The summed E-state index contributed by atoms with van der Waals surface area (Å²) in [6, 6.07) is 29.4. The van der Waals surface area contributed by atoms with Gasteiger partial charge >= 0.3 is 0 Å². The summed E-state index contributed by atoms with van der Waals surface area (Å²) < 4.78 is 38.2. The Labute approximate surface area is 182 Å². The maximum absolute atomic E-state index is 14.8. The summed E-state index contributed by atoms with van der Waals surface area (Å²) in [6.45, 7) is 1.29. The Bertz CT molecular complexity index is 891.